The van der Waals surface area contributed by atoms with Gasteiger partial charge in [0.1, 0.15) is 17.1 Å². The Hall–Kier alpha value is -4.81. The van der Waals surface area contributed by atoms with Gasteiger partial charge >= 0.3 is 0 Å². The Labute approximate surface area is 302 Å². The summed E-state index contributed by atoms with van der Waals surface area (Å²) in [5.41, 5.74) is 2.13. The summed E-state index contributed by atoms with van der Waals surface area (Å²) in [7, 11) is 0. The highest BCUT2D eigenvalue weighted by Crippen LogP contribution is 2.33. The van der Waals surface area contributed by atoms with Crippen LogP contribution in [0.3, 0.4) is 0 Å². The molecule has 0 atom stereocenters. The zero-order valence-corrected chi connectivity index (χ0v) is 30.1. The largest absolute Gasteiger partial charge is 0.490 e. The predicted molar refractivity (Wildman–Crippen MR) is 195 cm³/mol. The Morgan fingerprint density at radius 1 is 0.961 bits per heavy atom. The van der Waals surface area contributed by atoms with Crippen molar-refractivity contribution in [1.29, 1.82) is 0 Å². The standard InChI is InChI=1S/C38H43ClF2N6O4/c1-5-47(6-2)37(49)26-11-13-32(30(39)21-26)51-36-29(35(48)44-34-24(3)19-27(40)20-25(34)4)23-42-38(45-36)43-28-12-14-33(31(41)22-28)50-18-10-17-46-15-8-7-9-16-46/h11-14,19-23H,5-10,15-18H2,1-4H3,(H,44,48)(H,42,43,45). The maximum absolute atomic E-state index is 15.0. The van der Waals surface area contributed by atoms with Crippen molar-refractivity contribution >= 4 is 40.7 Å². The van der Waals surface area contributed by atoms with Crippen LogP contribution in [-0.2, 0) is 0 Å². The highest BCUT2D eigenvalue weighted by molar-refractivity contribution is 6.32. The van der Waals surface area contributed by atoms with Gasteiger partial charge < -0.3 is 29.9 Å². The Kier molecular flexibility index (Phi) is 12.8. The van der Waals surface area contributed by atoms with Crippen LogP contribution in [0.1, 0.15) is 71.4 Å². The minimum absolute atomic E-state index is 0.00902. The number of nitrogens with one attached hydrogen (secondary N) is 2. The number of ether oxygens (including phenoxy) is 2. The van der Waals surface area contributed by atoms with Gasteiger partial charge in [-0.15, -0.1) is 0 Å². The summed E-state index contributed by atoms with van der Waals surface area (Å²) in [6.07, 6.45) is 5.77. The number of nitrogens with zero attached hydrogens (tertiary/aromatic N) is 4. The molecule has 2 amide bonds. The van der Waals surface area contributed by atoms with E-state index in [-0.39, 0.29) is 39.8 Å². The minimum atomic E-state index is -0.619. The SMILES string of the molecule is CCN(CC)C(=O)c1ccc(Oc2nc(Nc3ccc(OCCCN4CCCCC4)c(F)c3)ncc2C(=O)Nc2c(C)cc(F)cc2C)c(Cl)c1. The third-order valence-corrected chi connectivity index (χ3v) is 8.98. The average Bonchev–Trinajstić information content (AvgIpc) is 3.11. The summed E-state index contributed by atoms with van der Waals surface area (Å²) in [4.78, 5) is 39.3. The van der Waals surface area contributed by atoms with Crippen molar-refractivity contribution in [3.05, 3.63) is 93.6 Å². The fraction of sp³-hybridized carbons (Fsp3) is 0.368. The molecule has 270 valence electrons. The molecule has 0 unspecified atom stereocenters. The number of aromatic nitrogens is 2. The molecule has 13 heteroatoms. The summed E-state index contributed by atoms with van der Waals surface area (Å²) in [6.45, 7) is 11.7. The number of amides is 2. The fourth-order valence-electron chi connectivity index (χ4n) is 5.94. The molecule has 1 aliphatic rings. The number of carbonyl (C=O) groups excluding carboxylic acids is 2. The zero-order valence-electron chi connectivity index (χ0n) is 29.3. The summed E-state index contributed by atoms with van der Waals surface area (Å²) >= 11 is 6.57. The van der Waals surface area contributed by atoms with Crippen molar-refractivity contribution in [2.45, 2.75) is 53.4 Å². The molecule has 4 aromatic rings. The first-order valence-corrected chi connectivity index (χ1v) is 17.6. The lowest BCUT2D eigenvalue weighted by molar-refractivity contribution is 0.0772. The molecule has 5 rings (SSSR count). The number of likely N-dealkylation sites (tertiary alicyclic amines) is 1. The Morgan fingerprint density at radius 3 is 2.33 bits per heavy atom. The van der Waals surface area contributed by atoms with E-state index in [2.05, 4.69) is 25.5 Å². The topological polar surface area (TPSA) is 109 Å². The predicted octanol–water partition coefficient (Wildman–Crippen LogP) is 8.55. The van der Waals surface area contributed by atoms with Crippen molar-refractivity contribution in [3.8, 4) is 17.4 Å². The van der Waals surface area contributed by atoms with Crippen LogP contribution in [0, 0.1) is 25.5 Å². The molecule has 0 saturated carbocycles. The van der Waals surface area contributed by atoms with Gasteiger partial charge in [0.2, 0.25) is 11.8 Å². The quantitative estimate of drug-likeness (QED) is 0.125. The maximum Gasteiger partial charge on any atom is 0.262 e. The molecule has 51 heavy (non-hydrogen) atoms. The number of aryl methyl sites for hydroxylation is 2. The van der Waals surface area contributed by atoms with E-state index >= 15 is 4.39 Å². The Morgan fingerprint density at radius 2 is 1.67 bits per heavy atom. The Bertz CT molecular complexity index is 1840. The average molecular weight is 721 g/mol. The van der Waals surface area contributed by atoms with Crippen LogP contribution in [0.5, 0.6) is 17.4 Å². The normalized spacial score (nSPS) is 13.1. The summed E-state index contributed by atoms with van der Waals surface area (Å²) in [5.74, 6) is -1.67. The summed E-state index contributed by atoms with van der Waals surface area (Å²) < 4.78 is 40.8. The first kappa shape index (κ1) is 37.4. The van der Waals surface area contributed by atoms with E-state index in [1.54, 1.807) is 30.9 Å². The molecule has 0 aliphatic carbocycles. The second-order valence-electron chi connectivity index (χ2n) is 12.4. The van der Waals surface area contributed by atoms with Gasteiger partial charge in [0, 0.05) is 48.8 Å². The van der Waals surface area contributed by atoms with Gasteiger partial charge in [0.25, 0.3) is 11.8 Å². The number of hydrogen-bond donors (Lipinski definition) is 2. The lowest BCUT2D eigenvalue weighted by Crippen LogP contribution is -2.31. The molecular formula is C38H43ClF2N6O4. The van der Waals surface area contributed by atoms with Gasteiger partial charge in [-0.25, -0.2) is 13.8 Å². The fourth-order valence-corrected chi connectivity index (χ4v) is 6.16. The molecule has 10 nitrogen and oxygen atoms in total. The van der Waals surface area contributed by atoms with E-state index in [0.29, 0.717) is 47.8 Å². The number of piperidine rings is 1. The number of carbonyl (C=O) groups is 2. The van der Waals surface area contributed by atoms with Crippen molar-refractivity contribution in [2.75, 3.05) is 50.0 Å². The van der Waals surface area contributed by atoms with Crippen LogP contribution < -0.4 is 20.1 Å². The summed E-state index contributed by atoms with van der Waals surface area (Å²) in [6, 6.07) is 11.7. The molecule has 1 aromatic heterocycles. The smallest absolute Gasteiger partial charge is 0.262 e. The molecule has 0 radical (unpaired) electrons. The van der Waals surface area contributed by atoms with Crippen LogP contribution in [0.25, 0.3) is 0 Å². The van der Waals surface area contributed by atoms with E-state index in [9.17, 15) is 14.0 Å². The molecule has 1 fully saturated rings. The highest BCUT2D eigenvalue weighted by atomic mass is 35.5. The second-order valence-corrected chi connectivity index (χ2v) is 12.8. The van der Waals surface area contributed by atoms with E-state index in [4.69, 9.17) is 21.1 Å². The number of hydrogen-bond acceptors (Lipinski definition) is 8. The molecule has 2 N–H and O–H groups in total. The summed E-state index contributed by atoms with van der Waals surface area (Å²) in [5, 5.41) is 5.87. The van der Waals surface area contributed by atoms with Crippen molar-refractivity contribution in [1.82, 2.24) is 19.8 Å². The first-order valence-electron chi connectivity index (χ1n) is 17.2. The molecule has 0 bridgehead atoms. The van der Waals surface area contributed by atoms with Gasteiger partial charge in [-0.3, -0.25) is 9.59 Å². The number of halogens is 3. The monoisotopic (exact) mass is 720 g/mol. The molecule has 3 aromatic carbocycles. The molecule has 1 saturated heterocycles. The van der Waals surface area contributed by atoms with Gasteiger partial charge in [-0.2, -0.15) is 4.98 Å². The molecule has 1 aliphatic heterocycles. The number of benzene rings is 3. The van der Waals surface area contributed by atoms with E-state index < -0.39 is 17.5 Å². The zero-order chi connectivity index (χ0) is 36.5. The highest BCUT2D eigenvalue weighted by Gasteiger charge is 2.22. The van der Waals surface area contributed by atoms with Crippen LogP contribution in [-0.4, -0.2) is 70.9 Å². The van der Waals surface area contributed by atoms with Crippen LogP contribution >= 0.6 is 11.6 Å². The van der Waals surface area contributed by atoms with Gasteiger partial charge in [0.05, 0.1) is 11.6 Å². The molecule has 0 spiro atoms. The van der Waals surface area contributed by atoms with Crippen LogP contribution in [0.15, 0.2) is 54.7 Å². The third kappa shape index (κ3) is 9.71. The number of rotatable bonds is 14. The number of anilines is 3. The molecular weight excluding hydrogens is 678 g/mol. The molecule has 2 heterocycles. The second kappa shape index (κ2) is 17.4. The lowest BCUT2D eigenvalue weighted by Gasteiger charge is -2.26. The van der Waals surface area contributed by atoms with Crippen LogP contribution in [0.2, 0.25) is 5.02 Å². The third-order valence-electron chi connectivity index (χ3n) is 8.68. The van der Waals surface area contributed by atoms with Gasteiger partial charge in [-0.1, -0.05) is 18.0 Å². The maximum atomic E-state index is 15.0. The van der Waals surface area contributed by atoms with Crippen LogP contribution in [0.4, 0.5) is 26.1 Å². The van der Waals surface area contributed by atoms with Crippen molar-refractivity contribution in [3.63, 3.8) is 0 Å². The van der Waals surface area contributed by atoms with E-state index in [1.807, 2.05) is 13.8 Å². The lowest BCUT2D eigenvalue weighted by atomic mass is 10.1. The van der Waals surface area contributed by atoms with Crippen molar-refractivity contribution < 1.29 is 27.8 Å². The van der Waals surface area contributed by atoms with Gasteiger partial charge in [0.15, 0.2) is 11.6 Å². The van der Waals surface area contributed by atoms with E-state index in [1.165, 1.54) is 61.9 Å². The van der Waals surface area contributed by atoms with E-state index in [0.717, 1.165) is 26.1 Å². The Balaban J connectivity index is 1.36. The minimum Gasteiger partial charge on any atom is -0.490 e. The first-order chi connectivity index (χ1) is 24.6. The van der Waals surface area contributed by atoms with Crippen molar-refractivity contribution in [2.24, 2.45) is 0 Å². The van der Waals surface area contributed by atoms with Gasteiger partial charge in [-0.05, 0) is 114 Å².